The molecule has 2 heterocycles. The Labute approximate surface area is 136 Å². The predicted octanol–water partition coefficient (Wildman–Crippen LogP) is 4.16. The lowest BCUT2D eigenvalue weighted by molar-refractivity contribution is 0.0184. The zero-order valence-corrected chi connectivity index (χ0v) is 14.4. The number of aromatic nitrogens is 2. The van der Waals surface area contributed by atoms with Crippen LogP contribution >= 0.6 is 15.9 Å². The zero-order chi connectivity index (χ0) is 16.5. The zero-order valence-electron chi connectivity index (χ0n) is 12.9. The van der Waals surface area contributed by atoms with Gasteiger partial charge in [-0.25, -0.2) is 13.6 Å². The Morgan fingerprint density at radius 2 is 2.00 bits per heavy atom. The average Bonchev–Trinajstić information content (AvgIpc) is 2.79. The van der Waals surface area contributed by atoms with Crippen LogP contribution in [-0.2, 0) is 4.74 Å². The molecule has 0 atom stereocenters. The third-order valence-electron chi connectivity index (χ3n) is 3.41. The molecule has 22 heavy (non-hydrogen) atoms. The number of nitrogens with zero attached hydrogens (tertiary/aromatic N) is 3. The van der Waals surface area contributed by atoms with E-state index in [4.69, 9.17) is 4.74 Å². The lowest BCUT2D eigenvalue weighted by Gasteiger charge is -2.33. The van der Waals surface area contributed by atoms with E-state index in [1.165, 1.54) is 0 Å². The standard InChI is InChI=1S/C14H20BrF2N3O2/c1-14(2,3)22-13(21)19-6-4-9(5-7-19)20-8-10(15)11(18-20)12(16)17/h8-9,12H,4-7H2,1-3H3. The number of likely N-dealkylation sites (tertiary alicyclic amines) is 1. The highest BCUT2D eigenvalue weighted by molar-refractivity contribution is 9.10. The van der Waals surface area contributed by atoms with Crippen LogP contribution in [0.3, 0.4) is 0 Å². The van der Waals surface area contributed by atoms with Crippen LogP contribution in [0.4, 0.5) is 13.6 Å². The van der Waals surface area contributed by atoms with E-state index in [-0.39, 0.29) is 17.8 Å². The minimum Gasteiger partial charge on any atom is -0.444 e. The van der Waals surface area contributed by atoms with Crippen molar-refractivity contribution in [2.45, 2.75) is 51.7 Å². The van der Waals surface area contributed by atoms with E-state index >= 15 is 0 Å². The molecule has 0 unspecified atom stereocenters. The summed E-state index contributed by atoms with van der Waals surface area (Å²) in [5.41, 5.74) is -0.762. The fourth-order valence-electron chi connectivity index (χ4n) is 2.36. The van der Waals surface area contributed by atoms with Gasteiger partial charge < -0.3 is 9.64 Å². The molecule has 1 fully saturated rings. The number of carbonyl (C=O) groups is 1. The maximum absolute atomic E-state index is 12.8. The molecule has 0 bridgehead atoms. The van der Waals surface area contributed by atoms with Gasteiger partial charge in [0.15, 0.2) is 0 Å². The van der Waals surface area contributed by atoms with Crippen molar-refractivity contribution >= 4 is 22.0 Å². The van der Waals surface area contributed by atoms with Gasteiger partial charge in [-0.1, -0.05) is 0 Å². The third-order valence-corrected chi connectivity index (χ3v) is 4.02. The Balaban J connectivity index is 1.95. The maximum Gasteiger partial charge on any atom is 0.410 e. The van der Waals surface area contributed by atoms with Gasteiger partial charge in [-0.15, -0.1) is 0 Å². The normalized spacial score (nSPS) is 17.1. The number of hydrogen-bond acceptors (Lipinski definition) is 3. The van der Waals surface area contributed by atoms with Crippen molar-refractivity contribution in [3.63, 3.8) is 0 Å². The van der Waals surface area contributed by atoms with Crippen LogP contribution in [0.15, 0.2) is 10.7 Å². The summed E-state index contributed by atoms with van der Waals surface area (Å²) >= 11 is 3.10. The lowest BCUT2D eigenvalue weighted by atomic mass is 10.1. The Kier molecular flexibility index (Phi) is 5.09. The fourth-order valence-corrected chi connectivity index (χ4v) is 2.82. The minimum atomic E-state index is -2.60. The van der Waals surface area contributed by atoms with Crippen LogP contribution in [0.25, 0.3) is 0 Å². The molecule has 8 heteroatoms. The van der Waals surface area contributed by atoms with Crippen molar-refractivity contribution in [1.82, 2.24) is 14.7 Å². The molecule has 0 aliphatic carbocycles. The van der Waals surface area contributed by atoms with Crippen LogP contribution in [-0.4, -0.2) is 39.5 Å². The molecule has 0 aromatic carbocycles. The van der Waals surface area contributed by atoms with Crippen LogP contribution < -0.4 is 0 Å². The number of amides is 1. The van der Waals surface area contributed by atoms with Crippen LogP contribution in [0.1, 0.15) is 51.8 Å². The van der Waals surface area contributed by atoms with E-state index in [9.17, 15) is 13.6 Å². The van der Waals surface area contributed by atoms with E-state index in [2.05, 4.69) is 21.0 Å². The summed E-state index contributed by atoms with van der Waals surface area (Å²) in [4.78, 5) is 13.6. The minimum absolute atomic E-state index is 0.0162. The molecule has 1 aromatic heterocycles. The molecule has 1 aromatic rings. The van der Waals surface area contributed by atoms with Gasteiger partial charge in [0.2, 0.25) is 0 Å². The second-order valence-corrected chi connectivity index (χ2v) is 7.20. The highest BCUT2D eigenvalue weighted by Gasteiger charge is 2.28. The molecule has 1 amide bonds. The quantitative estimate of drug-likeness (QED) is 0.774. The maximum atomic E-state index is 12.8. The van der Waals surface area contributed by atoms with Crippen molar-refractivity contribution in [2.75, 3.05) is 13.1 Å². The van der Waals surface area contributed by atoms with Crippen molar-refractivity contribution in [1.29, 1.82) is 0 Å². The topological polar surface area (TPSA) is 47.4 Å². The molecule has 5 nitrogen and oxygen atoms in total. The SMILES string of the molecule is CC(C)(C)OC(=O)N1CCC(n2cc(Br)c(C(F)F)n2)CC1. The summed E-state index contributed by atoms with van der Waals surface area (Å²) in [6.45, 7) is 6.53. The molecule has 0 radical (unpaired) electrons. The highest BCUT2D eigenvalue weighted by Crippen LogP contribution is 2.30. The summed E-state index contributed by atoms with van der Waals surface area (Å²) in [6.07, 6.45) is -0.0279. The Bertz CT molecular complexity index is 535. The van der Waals surface area contributed by atoms with Crippen LogP contribution in [0, 0.1) is 0 Å². The van der Waals surface area contributed by atoms with E-state index in [0.717, 1.165) is 0 Å². The van der Waals surface area contributed by atoms with E-state index in [0.29, 0.717) is 30.4 Å². The van der Waals surface area contributed by atoms with Crippen molar-refractivity contribution in [3.05, 3.63) is 16.4 Å². The second kappa shape index (κ2) is 6.52. The first-order valence-corrected chi connectivity index (χ1v) is 7.97. The molecule has 1 aliphatic rings. The van der Waals surface area contributed by atoms with Crippen molar-refractivity contribution in [2.24, 2.45) is 0 Å². The monoisotopic (exact) mass is 379 g/mol. The van der Waals surface area contributed by atoms with Gasteiger partial charge in [0.25, 0.3) is 6.43 Å². The Morgan fingerprint density at radius 3 is 2.45 bits per heavy atom. The number of alkyl halides is 2. The lowest BCUT2D eigenvalue weighted by Crippen LogP contribution is -2.42. The molecular weight excluding hydrogens is 360 g/mol. The van der Waals surface area contributed by atoms with Crippen LogP contribution in [0.2, 0.25) is 0 Å². The first kappa shape index (κ1) is 17.2. The van der Waals surface area contributed by atoms with Gasteiger partial charge in [0.05, 0.1) is 10.5 Å². The van der Waals surface area contributed by atoms with E-state index in [1.807, 2.05) is 20.8 Å². The Hall–Kier alpha value is -1.18. The summed E-state index contributed by atoms with van der Waals surface area (Å²) in [6, 6.07) is 0.0162. The number of rotatable bonds is 2. The Morgan fingerprint density at radius 1 is 1.41 bits per heavy atom. The first-order chi connectivity index (χ1) is 10.2. The molecule has 1 saturated heterocycles. The second-order valence-electron chi connectivity index (χ2n) is 6.34. The summed E-state index contributed by atoms with van der Waals surface area (Å²) in [5, 5.41) is 3.95. The van der Waals surface area contributed by atoms with E-state index in [1.54, 1.807) is 15.8 Å². The van der Waals surface area contributed by atoms with Gasteiger partial charge in [0, 0.05) is 19.3 Å². The number of carbonyl (C=O) groups excluding carboxylic acids is 1. The summed E-state index contributed by atoms with van der Waals surface area (Å²) < 4.78 is 32.7. The van der Waals surface area contributed by atoms with E-state index < -0.39 is 12.0 Å². The number of piperidine rings is 1. The van der Waals surface area contributed by atoms with Gasteiger partial charge in [0.1, 0.15) is 11.3 Å². The van der Waals surface area contributed by atoms with Crippen molar-refractivity contribution in [3.8, 4) is 0 Å². The average molecular weight is 380 g/mol. The number of hydrogen-bond donors (Lipinski definition) is 0. The van der Waals surface area contributed by atoms with Crippen LogP contribution in [0.5, 0.6) is 0 Å². The molecular formula is C14H20BrF2N3O2. The van der Waals surface area contributed by atoms with Gasteiger partial charge in [-0.05, 0) is 49.5 Å². The largest absolute Gasteiger partial charge is 0.444 e. The highest BCUT2D eigenvalue weighted by atomic mass is 79.9. The smallest absolute Gasteiger partial charge is 0.410 e. The number of ether oxygens (including phenoxy) is 1. The number of halogens is 3. The summed E-state index contributed by atoms with van der Waals surface area (Å²) in [7, 11) is 0. The molecule has 1 aliphatic heterocycles. The molecule has 124 valence electrons. The molecule has 0 spiro atoms. The molecule has 2 rings (SSSR count). The van der Waals surface area contributed by atoms with Crippen molar-refractivity contribution < 1.29 is 18.3 Å². The summed E-state index contributed by atoms with van der Waals surface area (Å²) in [5.74, 6) is 0. The van der Waals surface area contributed by atoms with Gasteiger partial charge in [-0.3, -0.25) is 4.68 Å². The molecule has 0 N–H and O–H groups in total. The predicted molar refractivity (Wildman–Crippen MR) is 81.0 cm³/mol. The van der Waals surface area contributed by atoms with Gasteiger partial charge >= 0.3 is 6.09 Å². The molecule has 0 saturated carbocycles. The fraction of sp³-hybridized carbons (Fsp3) is 0.714. The first-order valence-electron chi connectivity index (χ1n) is 7.18. The third kappa shape index (κ3) is 4.18. The van der Waals surface area contributed by atoms with Gasteiger partial charge in [-0.2, -0.15) is 5.10 Å².